The Balaban J connectivity index is 1.65. The van der Waals surface area contributed by atoms with E-state index in [1.54, 1.807) is 0 Å². The third-order valence-corrected chi connectivity index (χ3v) is 4.00. The number of aryl methyl sites for hydroxylation is 1. The van der Waals surface area contributed by atoms with Gasteiger partial charge in [0.1, 0.15) is 12.4 Å². The minimum atomic E-state index is 0.399. The molecule has 0 amide bonds. The number of hydrogen-bond donors (Lipinski definition) is 1. The van der Waals surface area contributed by atoms with Gasteiger partial charge in [-0.1, -0.05) is 37.0 Å². The third-order valence-electron chi connectivity index (χ3n) is 4.00. The second-order valence-corrected chi connectivity index (χ2v) is 6.13. The van der Waals surface area contributed by atoms with Crippen molar-refractivity contribution in [2.45, 2.75) is 58.5 Å². The van der Waals surface area contributed by atoms with Crippen molar-refractivity contribution in [1.82, 2.24) is 5.32 Å². The van der Waals surface area contributed by atoms with Crippen LogP contribution in [0.5, 0.6) is 5.75 Å². The molecule has 1 saturated carbocycles. The van der Waals surface area contributed by atoms with Gasteiger partial charge in [-0.25, -0.2) is 0 Å². The molecule has 1 aromatic carbocycles. The molecule has 19 heavy (non-hydrogen) atoms. The van der Waals surface area contributed by atoms with Crippen LogP contribution >= 0.6 is 0 Å². The van der Waals surface area contributed by atoms with E-state index in [2.05, 4.69) is 38.2 Å². The van der Waals surface area contributed by atoms with Gasteiger partial charge in [0, 0.05) is 12.1 Å². The third kappa shape index (κ3) is 4.87. The van der Waals surface area contributed by atoms with Crippen LogP contribution in [-0.4, -0.2) is 18.7 Å². The standard InChI is InChI=1S/C17H27NO/c1-13-7-9-17(10-8-13)19-12-15(3)18-14(2)11-16-5-4-6-16/h7-10,14-16,18H,4-6,11-12H2,1-3H3. The molecule has 106 valence electrons. The quantitative estimate of drug-likeness (QED) is 0.803. The largest absolute Gasteiger partial charge is 0.492 e. The molecule has 1 N–H and O–H groups in total. The zero-order valence-electron chi connectivity index (χ0n) is 12.5. The van der Waals surface area contributed by atoms with Crippen molar-refractivity contribution in [1.29, 1.82) is 0 Å². The van der Waals surface area contributed by atoms with Gasteiger partial charge in [-0.2, -0.15) is 0 Å². The van der Waals surface area contributed by atoms with E-state index >= 15 is 0 Å². The summed E-state index contributed by atoms with van der Waals surface area (Å²) in [5, 5.41) is 3.64. The Hall–Kier alpha value is -1.02. The molecule has 0 aliphatic heterocycles. The van der Waals surface area contributed by atoms with Gasteiger partial charge in [-0.15, -0.1) is 0 Å². The number of hydrogen-bond acceptors (Lipinski definition) is 2. The van der Waals surface area contributed by atoms with Crippen molar-refractivity contribution >= 4 is 0 Å². The van der Waals surface area contributed by atoms with E-state index in [-0.39, 0.29) is 0 Å². The Morgan fingerprint density at radius 1 is 1.16 bits per heavy atom. The van der Waals surface area contributed by atoms with Crippen LogP contribution in [0, 0.1) is 12.8 Å². The first-order valence-electron chi connectivity index (χ1n) is 7.59. The normalized spacial score (nSPS) is 18.7. The molecule has 1 aliphatic carbocycles. The summed E-state index contributed by atoms with van der Waals surface area (Å²) in [5.41, 5.74) is 1.27. The fourth-order valence-electron chi connectivity index (χ4n) is 2.69. The number of ether oxygens (including phenoxy) is 1. The second-order valence-electron chi connectivity index (χ2n) is 6.13. The van der Waals surface area contributed by atoms with Gasteiger partial charge in [-0.3, -0.25) is 0 Å². The predicted molar refractivity (Wildman–Crippen MR) is 80.7 cm³/mol. The van der Waals surface area contributed by atoms with E-state index in [1.807, 2.05) is 12.1 Å². The van der Waals surface area contributed by atoms with E-state index in [0.29, 0.717) is 12.1 Å². The molecule has 0 radical (unpaired) electrons. The monoisotopic (exact) mass is 261 g/mol. The van der Waals surface area contributed by atoms with Crippen molar-refractivity contribution in [3.05, 3.63) is 29.8 Å². The minimum Gasteiger partial charge on any atom is -0.492 e. The van der Waals surface area contributed by atoms with Crippen LogP contribution in [0.15, 0.2) is 24.3 Å². The second kappa shape index (κ2) is 6.95. The molecule has 2 nitrogen and oxygen atoms in total. The Labute approximate surface area is 117 Å². The lowest BCUT2D eigenvalue weighted by Crippen LogP contribution is -2.39. The molecule has 1 aliphatic rings. The maximum atomic E-state index is 5.81. The van der Waals surface area contributed by atoms with Crippen molar-refractivity contribution in [3.8, 4) is 5.75 Å². The average Bonchev–Trinajstić information content (AvgIpc) is 2.33. The molecular formula is C17H27NO. The van der Waals surface area contributed by atoms with E-state index in [9.17, 15) is 0 Å². The molecule has 0 bridgehead atoms. The summed E-state index contributed by atoms with van der Waals surface area (Å²) in [6.07, 6.45) is 5.61. The molecule has 0 aromatic heterocycles. The highest BCUT2D eigenvalue weighted by Crippen LogP contribution is 2.30. The number of benzene rings is 1. The molecule has 0 heterocycles. The van der Waals surface area contributed by atoms with Crippen molar-refractivity contribution in [3.63, 3.8) is 0 Å². The summed E-state index contributed by atoms with van der Waals surface area (Å²) >= 11 is 0. The van der Waals surface area contributed by atoms with Crippen LogP contribution in [0.25, 0.3) is 0 Å². The summed E-state index contributed by atoms with van der Waals surface area (Å²) in [7, 11) is 0. The fraction of sp³-hybridized carbons (Fsp3) is 0.647. The van der Waals surface area contributed by atoms with Gasteiger partial charge in [0.05, 0.1) is 0 Å². The van der Waals surface area contributed by atoms with Crippen LogP contribution in [0.2, 0.25) is 0 Å². The molecule has 1 aromatic rings. The Bertz CT molecular complexity index is 369. The smallest absolute Gasteiger partial charge is 0.119 e. The Morgan fingerprint density at radius 3 is 2.42 bits per heavy atom. The number of rotatable bonds is 7. The van der Waals surface area contributed by atoms with Gasteiger partial charge in [0.15, 0.2) is 0 Å². The van der Waals surface area contributed by atoms with Crippen LogP contribution in [0.1, 0.15) is 45.1 Å². The van der Waals surface area contributed by atoms with Crippen molar-refractivity contribution in [2.24, 2.45) is 5.92 Å². The van der Waals surface area contributed by atoms with Crippen LogP contribution in [0.3, 0.4) is 0 Å². The van der Waals surface area contributed by atoms with Crippen molar-refractivity contribution < 1.29 is 4.74 Å². The SMILES string of the molecule is Cc1ccc(OCC(C)NC(C)CC2CCC2)cc1. The summed E-state index contributed by atoms with van der Waals surface area (Å²) in [4.78, 5) is 0. The lowest BCUT2D eigenvalue weighted by Gasteiger charge is -2.30. The molecule has 1 fully saturated rings. The summed E-state index contributed by atoms with van der Waals surface area (Å²) in [6.45, 7) is 7.32. The first-order valence-corrected chi connectivity index (χ1v) is 7.59. The van der Waals surface area contributed by atoms with E-state index < -0.39 is 0 Å². The molecule has 0 spiro atoms. The molecule has 2 rings (SSSR count). The lowest BCUT2D eigenvalue weighted by molar-refractivity contribution is 0.229. The van der Waals surface area contributed by atoms with E-state index in [1.165, 1.54) is 31.2 Å². The fourth-order valence-corrected chi connectivity index (χ4v) is 2.69. The molecule has 0 saturated heterocycles. The van der Waals surface area contributed by atoms with Crippen molar-refractivity contribution in [2.75, 3.05) is 6.61 Å². The average molecular weight is 261 g/mol. The van der Waals surface area contributed by atoms with Crippen LogP contribution in [-0.2, 0) is 0 Å². The topological polar surface area (TPSA) is 21.3 Å². The number of nitrogens with one attached hydrogen (secondary N) is 1. The highest BCUT2D eigenvalue weighted by atomic mass is 16.5. The molecule has 2 unspecified atom stereocenters. The van der Waals surface area contributed by atoms with E-state index in [4.69, 9.17) is 4.74 Å². The maximum Gasteiger partial charge on any atom is 0.119 e. The molecule has 2 heteroatoms. The van der Waals surface area contributed by atoms with Gasteiger partial charge < -0.3 is 10.1 Å². The molecular weight excluding hydrogens is 234 g/mol. The van der Waals surface area contributed by atoms with Gasteiger partial charge in [0.2, 0.25) is 0 Å². The zero-order chi connectivity index (χ0) is 13.7. The Kier molecular flexibility index (Phi) is 5.26. The minimum absolute atomic E-state index is 0.399. The summed E-state index contributed by atoms with van der Waals surface area (Å²) in [5.74, 6) is 1.93. The Morgan fingerprint density at radius 2 is 1.84 bits per heavy atom. The first kappa shape index (κ1) is 14.4. The highest BCUT2D eigenvalue weighted by molar-refractivity contribution is 5.26. The van der Waals surface area contributed by atoms with Gasteiger partial charge in [-0.05, 0) is 45.2 Å². The van der Waals surface area contributed by atoms with E-state index in [0.717, 1.165) is 18.3 Å². The highest BCUT2D eigenvalue weighted by Gasteiger charge is 2.20. The zero-order valence-corrected chi connectivity index (χ0v) is 12.5. The predicted octanol–water partition coefficient (Wildman–Crippen LogP) is 3.93. The van der Waals surface area contributed by atoms with Gasteiger partial charge in [0.25, 0.3) is 0 Å². The van der Waals surface area contributed by atoms with Crippen LogP contribution < -0.4 is 10.1 Å². The first-order chi connectivity index (χ1) is 9.13. The van der Waals surface area contributed by atoms with Gasteiger partial charge >= 0.3 is 0 Å². The summed E-state index contributed by atoms with van der Waals surface area (Å²) < 4.78 is 5.81. The lowest BCUT2D eigenvalue weighted by atomic mass is 9.81. The maximum absolute atomic E-state index is 5.81. The van der Waals surface area contributed by atoms with Crippen LogP contribution in [0.4, 0.5) is 0 Å². The molecule has 2 atom stereocenters. The summed E-state index contributed by atoms with van der Waals surface area (Å²) in [6, 6.07) is 9.26.